The van der Waals surface area contributed by atoms with Gasteiger partial charge in [0.1, 0.15) is 5.78 Å². The summed E-state index contributed by atoms with van der Waals surface area (Å²) in [6.07, 6.45) is 1.92. The predicted molar refractivity (Wildman–Crippen MR) is 74.9 cm³/mol. The maximum absolute atomic E-state index is 12.2. The van der Waals surface area contributed by atoms with Crippen LogP contribution in [-0.2, 0) is 14.8 Å². The number of nitrogens with zero attached hydrogens (tertiary/aromatic N) is 1. The molecular formula is C14H17NO4S. The van der Waals surface area contributed by atoms with Crippen molar-refractivity contribution in [3.8, 4) is 0 Å². The fourth-order valence-corrected chi connectivity index (χ4v) is 4.68. The second kappa shape index (κ2) is 4.56. The first-order valence-corrected chi connectivity index (χ1v) is 8.55. The van der Waals surface area contributed by atoms with Crippen LogP contribution in [0, 0.1) is 5.92 Å². The molecule has 0 spiro atoms. The van der Waals surface area contributed by atoms with Crippen molar-refractivity contribution in [1.82, 2.24) is 0 Å². The zero-order valence-electron chi connectivity index (χ0n) is 11.2. The number of carbonyl (C=O) groups is 1. The first-order valence-electron chi connectivity index (χ1n) is 6.70. The van der Waals surface area contributed by atoms with E-state index < -0.39 is 28.1 Å². The molecule has 0 unspecified atom stereocenters. The summed E-state index contributed by atoms with van der Waals surface area (Å²) < 4.78 is 25.6. The maximum Gasteiger partial charge on any atom is 0.232 e. The highest BCUT2D eigenvalue weighted by Crippen LogP contribution is 2.45. The molecule has 0 aromatic heterocycles. The normalized spacial score (nSPS) is 29.8. The third-order valence-electron chi connectivity index (χ3n) is 4.20. The Morgan fingerprint density at radius 2 is 2.00 bits per heavy atom. The van der Waals surface area contributed by atoms with Crippen LogP contribution in [0.2, 0.25) is 0 Å². The van der Waals surface area contributed by atoms with E-state index in [-0.39, 0.29) is 5.78 Å². The molecule has 1 saturated carbocycles. The molecule has 1 fully saturated rings. The number of aliphatic hydroxyl groups is 1. The van der Waals surface area contributed by atoms with E-state index in [1.807, 2.05) is 0 Å². The maximum atomic E-state index is 12.2. The zero-order chi connectivity index (χ0) is 14.5. The van der Waals surface area contributed by atoms with Gasteiger partial charge in [0.25, 0.3) is 0 Å². The number of sulfonamides is 1. The average Bonchev–Trinajstić information content (AvgIpc) is 2.37. The summed E-state index contributed by atoms with van der Waals surface area (Å²) in [5, 5.41) is 10.5. The van der Waals surface area contributed by atoms with Gasteiger partial charge in [0.05, 0.1) is 30.0 Å². The lowest BCUT2D eigenvalue weighted by Crippen LogP contribution is -2.53. The average molecular weight is 295 g/mol. The topological polar surface area (TPSA) is 74.7 Å². The SMILES string of the molecule is CS(=O)(=O)N1c2ccccc2[C@@H](O)[C@H]2C(=O)CCC[C@H]21. The lowest BCUT2D eigenvalue weighted by Gasteiger charge is -2.45. The summed E-state index contributed by atoms with van der Waals surface area (Å²) in [4.78, 5) is 12.1. The summed E-state index contributed by atoms with van der Waals surface area (Å²) >= 11 is 0. The van der Waals surface area contributed by atoms with Gasteiger partial charge in [0.15, 0.2) is 0 Å². The molecule has 108 valence electrons. The van der Waals surface area contributed by atoms with Gasteiger partial charge < -0.3 is 5.11 Å². The van der Waals surface area contributed by atoms with Crippen molar-refractivity contribution >= 4 is 21.5 Å². The van der Waals surface area contributed by atoms with Gasteiger partial charge >= 0.3 is 0 Å². The highest BCUT2D eigenvalue weighted by molar-refractivity contribution is 7.92. The van der Waals surface area contributed by atoms with E-state index in [1.165, 1.54) is 4.31 Å². The van der Waals surface area contributed by atoms with Gasteiger partial charge in [-0.3, -0.25) is 9.10 Å². The minimum absolute atomic E-state index is 0.0445. The van der Waals surface area contributed by atoms with Crippen molar-refractivity contribution in [2.75, 3.05) is 10.6 Å². The van der Waals surface area contributed by atoms with Crippen molar-refractivity contribution in [2.24, 2.45) is 5.92 Å². The second-order valence-corrected chi connectivity index (χ2v) is 7.37. The van der Waals surface area contributed by atoms with Gasteiger partial charge in [-0.2, -0.15) is 0 Å². The van der Waals surface area contributed by atoms with Crippen LogP contribution in [0.5, 0.6) is 0 Å². The summed E-state index contributed by atoms with van der Waals surface area (Å²) in [5.41, 5.74) is 1.02. The lowest BCUT2D eigenvalue weighted by molar-refractivity contribution is -0.129. The Bertz CT molecular complexity index is 655. The van der Waals surface area contributed by atoms with Gasteiger partial charge in [-0.05, 0) is 18.9 Å². The lowest BCUT2D eigenvalue weighted by atomic mass is 9.75. The van der Waals surface area contributed by atoms with Crippen molar-refractivity contribution in [3.05, 3.63) is 29.8 Å². The largest absolute Gasteiger partial charge is 0.387 e. The van der Waals surface area contributed by atoms with E-state index in [1.54, 1.807) is 24.3 Å². The van der Waals surface area contributed by atoms with Crippen molar-refractivity contribution in [3.63, 3.8) is 0 Å². The molecule has 6 heteroatoms. The molecule has 3 rings (SSSR count). The van der Waals surface area contributed by atoms with Gasteiger partial charge in [-0.1, -0.05) is 18.2 Å². The fourth-order valence-electron chi connectivity index (χ4n) is 3.43. The van der Waals surface area contributed by atoms with E-state index in [0.29, 0.717) is 30.5 Å². The van der Waals surface area contributed by atoms with Crippen LogP contribution in [0.15, 0.2) is 24.3 Å². The van der Waals surface area contributed by atoms with E-state index in [2.05, 4.69) is 0 Å². The van der Waals surface area contributed by atoms with Gasteiger partial charge in [0.2, 0.25) is 10.0 Å². The van der Waals surface area contributed by atoms with Gasteiger partial charge in [-0.15, -0.1) is 0 Å². The van der Waals surface area contributed by atoms with Crippen molar-refractivity contribution < 1.29 is 18.3 Å². The Morgan fingerprint density at radius 1 is 1.30 bits per heavy atom. The highest BCUT2D eigenvalue weighted by Gasteiger charge is 2.48. The van der Waals surface area contributed by atoms with Crippen LogP contribution >= 0.6 is 0 Å². The molecule has 20 heavy (non-hydrogen) atoms. The molecule has 2 aliphatic rings. The number of carbonyl (C=O) groups excluding carboxylic acids is 1. The molecule has 1 aromatic rings. The Hall–Kier alpha value is -1.40. The number of hydrogen-bond acceptors (Lipinski definition) is 4. The Kier molecular flexibility index (Phi) is 3.10. The summed E-state index contributed by atoms with van der Waals surface area (Å²) in [6, 6.07) is 6.41. The number of para-hydroxylation sites is 1. The summed E-state index contributed by atoms with van der Waals surface area (Å²) in [6.45, 7) is 0. The fraction of sp³-hybridized carbons (Fsp3) is 0.500. The molecule has 1 aliphatic carbocycles. The molecule has 0 saturated heterocycles. The Balaban J connectivity index is 2.22. The van der Waals surface area contributed by atoms with Gasteiger partial charge in [-0.25, -0.2) is 8.42 Å². The van der Waals surface area contributed by atoms with Gasteiger partial charge in [0, 0.05) is 12.0 Å². The highest BCUT2D eigenvalue weighted by atomic mass is 32.2. The number of fused-ring (bicyclic) bond motifs is 2. The van der Waals surface area contributed by atoms with Crippen LogP contribution in [-0.4, -0.2) is 31.6 Å². The third kappa shape index (κ3) is 1.94. The number of ketones is 1. The molecule has 3 atom stereocenters. The molecular weight excluding hydrogens is 278 g/mol. The number of benzene rings is 1. The first-order chi connectivity index (χ1) is 9.41. The first kappa shape index (κ1) is 13.6. The zero-order valence-corrected chi connectivity index (χ0v) is 12.0. The standard InChI is InChI=1S/C14H17NO4S/c1-20(18,19)15-10-6-3-2-5-9(10)14(17)13-11(15)7-4-8-12(13)16/h2-3,5-6,11,13-14,17H,4,7-8H2,1H3/t11-,13-,14-/m1/s1. The van der Waals surface area contributed by atoms with E-state index >= 15 is 0 Å². The number of hydrogen-bond donors (Lipinski definition) is 1. The number of anilines is 1. The van der Waals surface area contributed by atoms with Crippen molar-refractivity contribution in [2.45, 2.75) is 31.4 Å². The quantitative estimate of drug-likeness (QED) is 0.846. The smallest absolute Gasteiger partial charge is 0.232 e. The molecule has 1 aliphatic heterocycles. The minimum Gasteiger partial charge on any atom is -0.387 e. The number of Topliss-reactive ketones (excluding diaryl/α,β-unsaturated/α-hetero) is 1. The molecule has 5 nitrogen and oxygen atoms in total. The van der Waals surface area contributed by atoms with E-state index in [0.717, 1.165) is 6.26 Å². The number of rotatable bonds is 1. The molecule has 0 radical (unpaired) electrons. The van der Waals surface area contributed by atoms with Crippen molar-refractivity contribution in [1.29, 1.82) is 0 Å². The van der Waals surface area contributed by atoms with Crippen LogP contribution in [0.4, 0.5) is 5.69 Å². The molecule has 1 aromatic carbocycles. The monoisotopic (exact) mass is 295 g/mol. The predicted octanol–water partition coefficient (Wildman–Crippen LogP) is 1.24. The van der Waals surface area contributed by atoms with Crippen LogP contribution in [0.3, 0.4) is 0 Å². The second-order valence-electron chi connectivity index (χ2n) is 5.51. The molecule has 0 amide bonds. The van der Waals surface area contributed by atoms with Crippen LogP contribution < -0.4 is 4.31 Å². The summed E-state index contributed by atoms with van der Waals surface area (Å²) in [7, 11) is -3.49. The molecule has 1 heterocycles. The minimum atomic E-state index is -3.49. The summed E-state index contributed by atoms with van der Waals surface area (Å²) in [5.74, 6) is -0.690. The van der Waals surface area contributed by atoms with Crippen LogP contribution in [0.1, 0.15) is 30.9 Å². The Labute approximate surface area is 118 Å². The molecule has 1 N–H and O–H groups in total. The Morgan fingerprint density at radius 3 is 2.70 bits per heavy atom. The number of aliphatic hydroxyl groups excluding tert-OH is 1. The molecule has 0 bridgehead atoms. The van der Waals surface area contributed by atoms with E-state index in [9.17, 15) is 18.3 Å². The van der Waals surface area contributed by atoms with E-state index in [4.69, 9.17) is 0 Å². The third-order valence-corrected chi connectivity index (χ3v) is 5.38. The van der Waals surface area contributed by atoms with Crippen LogP contribution in [0.25, 0.3) is 0 Å².